The van der Waals surface area contributed by atoms with Crippen LogP contribution in [-0.4, -0.2) is 34.5 Å². The Morgan fingerprint density at radius 1 is 1.06 bits per heavy atom. The standard InChI is InChI=1S/C22H23ClN4O4/c1-22(2,3)31-21(29)25-17-13-14(9-10-19(17)30-4)24-20(28)16-11-12-27(26-16)18-8-6-5-7-15(18)23/h5-13H,1-4H3,(H,24,28)(H,25,29). The molecule has 0 atom stereocenters. The van der Waals surface area contributed by atoms with Gasteiger partial charge in [-0.1, -0.05) is 23.7 Å². The summed E-state index contributed by atoms with van der Waals surface area (Å²) in [6.07, 6.45) is 1.02. The molecule has 3 rings (SSSR count). The first-order valence-electron chi connectivity index (χ1n) is 9.46. The van der Waals surface area contributed by atoms with Gasteiger partial charge in [-0.05, 0) is 57.2 Å². The van der Waals surface area contributed by atoms with Gasteiger partial charge >= 0.3 is 6.09 Å². The summed E-state index contributed by atoms with van der Waals surface area (Å²) in [4.78, 5) is 24.8. The first-order valence-corrected chi connectivity index (χ1v) is 9.84. The maximum absolute atomic E-state index is 12.7. The number of amides is 2. The number of halogens is 1. The fourth-order valence-corrected chi connectivity index (χ4v) is 2.93. The lowest BCUT2D eigenvalue weighted by atomic mass is 10.2. The Labute approximate surface area is 185 Å². The molecule has 8 nitrogen and oxygen atoms in total. The number of carbonyl (C=O) groups is 2. The van der Waals surface area contributed by atoms with Crippen molar-refractivity contribution in [3.63, 3.8) is 0 Å². The van der Waals surface area contributed by atoms with Crippen molar-refractivity contribution in [1.29, 1.82) is 0 Å². The molecule has 0 spiro atoms. The molecule has 0 fully saturated rings. The zero-order valence-electron chi connectivity index (χ0n) is 17.6. The molecule has 2 amide bonds. The fraction of sp³-hybridized carbons (Fsp3) is 0.227. The molecule has 0 radical (unpaired) electrons. The van der Waals surface area contributed by atoms with Crippen molar-refractivity contribution in [2.75, 3.05) is 17.7 Å². The average Bonchev–Trinajstić information content (AvgIpc) is 3.17. The van der Waals surface area contributed by atoms with E-state index in [0.717, 1.165) is 0 Å². The number of carbonyl (C=O) groups excluding carboxylic acids is 2. The highest BCUT2D eigenvalue weighted by molar-refractivity contribution is 6.32. The van der Waals surface area contributed by atoms with Crippen LogP contribution in [0.5, 0.6) is 5.75 Å². The van der Waals surface area contributed by atoms with Gasteiger partial charge in [-0.15, -0.1) is 0 Å². The molecule has 0 aliphatic rings. The lowest BCUT2D eigenvalue weighted by molar-refractivity contribution is 0.0635. The number of nitrogens with one attached hydrogen (secondary N) is 2. The first-order chi connectivity index (χ1) is 14.7. The molecule has 0 bridgehead atoms. The Bertz CT molecular complexity index is 1100. The van der Waals surface area contributed by atoms with Crippen molar-refractivity contribution in [2.45, 2.75) is 26.4 Å². The van der Waals surface area contributed by atoms with Crippen LogP contribution in [0.25, 0.3) is 5.69 Å². The molecule has 0 saturated heterocycles. The van der Waals surface area contributed by atoms with E-state index < -0.39 is 17.6 Å². The van der Waals surface area contributed by atoms with Crippen LogP contribution in [0.3, 0.4) is 0 Å². The summed E-state index contributed by atoms with van der Waals surface area (Å²) in [5, 5.41) is 10.2. The molecule has 2 N–H and O–H groups in total. The number of hydrogen-bond acceptors (Lipinski definition) is 5. The van der Waals surface area contributed by atoms with Crippen molar-refractivity contribution >= 4 is 35.0 Å². The Morgan fingerprint density at radius 2 is 1.81 bits per heavy atom. The normalized spacial score (nSPS) is 11.0. The van der Waals surface area contributed by atoms with E-state index >= 15 is 0 Å². The van der Waals surface area contributed by atoms with Crippen molar-refractivity contribution in [2.24, 2.45) is 0 Å². The third-order valence-corrected chi connectivity index (χ3v) is 4.33. The Kier molecular flexibility index (Phi) is 6.50. The van der Waals surface area contributed by atoms with Gasteiger partial charge < -0.3 is 14.8 Å². The highest BCUT2D eigenvalue weighted by atomic mass is 35.5. The summed E-state index contributed by atoms with van der Waals surface area (Å²) in [5.74, 6) is 0.00560. The van der Waals surface area contributed by atoms with Gasteiger partial charge in [-0.2, -0.15) is 5.10 Å². The van der Waals surface area contributed by atoms with Crippen molar-refractivity contribution in [1.82, 2.24) is 9.78 Å². The second-order valence-electron chi connectivity index (χ2n) is 7.59. The summed E-state index contributed by atoms with van der Waals surface area (Å²) >= 11 is 6.19. The summed E-state index contributed by atoms with van der Waals surface area (Å²) in [5.41, 5.74) is 1.03. The minimum absolute atomic E-state index is 0.206. The Hall–Kier alpha value is -3.52. The predicted molar refractivity (Wildman–Crippen MR) is 119 cm³/mol. The van der Waals surface area contributed by atoms with E-state index in [2.05, 4.69) is 15.7 Å². The van der Waals surface area contributed by atoms with Crippen LogP contribution < -0.4 is 15.4 Å². The van der Waals surface area contributed by atoms with Crippen molar-refractivity contribution in [3.8, 4) is 11.4 Å². The van der Waals surface area contributed by atoms with E-state index in [1.54, 1.807) is 63.4 Å². The summed E-state index contributed by atoms with van der Waals surface area (Å²) < 4.78 is 12.1. The topological polar surface area (TPSA) is 94.5 Å². The van der Waals surface area contributed by atoms with Gasteiger partial charge in [0.2, 0.25) is 0 Å². The fourth-order valence-electron chi connectivity index (χ4n) is 2.71. The molecule has 1 heterocycles. The molecule has 9 heteroatoms. The smallest absolute Gasteiger partial charge is 0.412 e. The number of hydrogen-bond donors (Lipinski definition) is 2. The molecule has 2 aromatic carbocycles. The molecule has 3 aromatic rings. The minimum atomic E-state index is -0.649. The second-order valence-corrected chi connectivity index (χ2v) is 8.00. The summed E-state index contributed by atoms with van der Waals surface area (Å²) in [6, 6.07) is 13.6. The van der Waals surface area contributed by atoms with Crippen LogP contribution in [0.4, 0.5) is 16.2 Å². The van der Waals surface area contributed by atoms with Crippen molar-refractivity contribution in [3.05, 3.63) is 65.4 Å². The zero-order chi connectivity index (χ0) is 22.6. The quantitative estimate of drug-likeness (QED) is 0.571. The number of anilines is 2. The van der Waals surface area contributed by atoms with E-state index in [1.807, 2.05) is 12.1 Å². The molecule has 0 aliphatic carbocycles. The van der Waals surface area contributed by atoms with Crippen LogP contribution in [0.1, 0.15) is 31.3 Å². The predicted octanol–water partition coefficient (Wildman–Crippen LogP) is 5.13. The van der Waals surface area contributed by atoms with E-state index in [-0.39, 0.29) is 5.69 Å². The lowest BCUT2D eigenvalue weighted by Gasteiger charge is -2.20. The maximum Gasteiger partial charge on any atom is 0.412 e. The number of ether oxygens (including phenoxy) is 2. The van der Waals surface area contributed by atoms with Gasteiger partial charge in [0.25, 0.3) is 5.91 Å². The zero-order valence-corrected chi connectivity index (χ0v) is 18.4. The maximum atomic E-state index is 12.7. The average molecular weight is 443 g/mol. The first kappa shape index (κ1) is 22.2. The molecular formula is C22H23ClN4O4. The molecule has 0 aliphatic heterocycles. The van der Waals surface area contributed by atoms with Gasteiger partial charge in [0.1, 0.15) is 11.4 Å². The van der Waals surface area contributed by atoms with Gasteiger partial charge in [0, 0.05) is 11.9 Å². The monoisotopic (exact) mass is 442 g/mol. The number of para-hydroxylation sites is 1. The van der Waals surface area contributed by atoms with Crippen molar-refractivity contribution < 1.29 is 19.1 Å². The largest absolute Gasteiger partial charge is 0.495 e. The van der Waals surface area contributed by atoms with Gasteiger partial charge in [-0.3, -0.25) is 10.1 Å². The van der Waals surface area contributed by atoms with Crippen LogP contribution >= 0.6 is 11.6 Å². The van der Waals surface area contributed by atoms with E-state index in [1.165, 1.54) is 11.8 Å². The minimum Gasteiger partial charge on any atom is -0.495 e. The molecule has 31 heavy (non-hydrogen) atoms. The van der Waals surface area contributed by atoms with Crippen LogP contribution in [0.2, 0.25) is 5.02 Å². The summed E-state index contributed by atoms with van der Waals surface area (Å²) in [6.45, 7) is 5.30. The van der Waals surface area contributed by atoms with Gasteiger partial charge in [0.15, 0.2) is 5.69 Å². The molecule has 0 saturated carbocycles. The van der Waals surface area contributed by atoms with E-state index in [0.29, 0.717) is 27.8 Å². The third kappa shape index (κ3) is 5.76. The SMILES string of the molecule is COc1ccc(NC(=O)c2ccn(-c3ccccc3Cl)n2)cc1NC(=O)OC(C)(C)C. The highest BCUT2D eigenvalue weighted by Gasteiger charge is 2.18. The second kappa shape index (κ2) is 9.09. The van der Waals surface area contributed by atoms with Crippen LogP contribution in [0.15, 0.2) is 54.7 Å². The number of aromatic nitrogens is 2. The molecular weight excluding hydrogens is 420 g/mol. The van der Waals surface area contributed by atoms with Crippen LogP contribution in [-0.2, 0) is 4.74 Å². The Morgan fingerprint density at radius 3 is 2.48 bits per heavy atom. The lowest BCUT2D eigenvalue weighted by Crippen LogP contribution is -2.27. The molecule has 0 unspecified atom stereocenters. The molecule has 1 aromatic heterocycles. The van der Waals surface area contributed by atoms with E-state index in [9.17, 15) is 9.59 Å². The number of methoxy groups -OCH3 is 1. The highest BCUT2D eigenvalue weighted by Crippen LogP contribution is 2.29. The summed E-state index contributed by atoms with van der Waals surface area (Å²) in [7, 11) is 1.48. The van der Waals surface area contributed by atoms with Crippen LogP contribution in [0, 0.1) is 0 Å². The van der Waals surface area contributed by atoms with E-state index in [4.69, 9.17) is 21.1 Å². The number of nitrogens with zero attached hydrogens (tertiary/aromatic N) is 2. The van der Waals surface area contributed by atoms with Gasteiger partial charge in [-0.25, -0.2) is 9.48 Å². The third-order valence-electron chi connectivity index (χ3n) is 4.01. The number of rotatable bonds is 5. The van der Waals surface area contributed by atoms with Gasteiger partial charge in [0.05, 0.1) is 23.5 Å². The Balaban J connectivity index is 1.76. The molecule has 162 valence electrons. The number of benzene rings is 2.